The van der Waals surface area contributed by atoms with E-state index < -0.39 is 0 Å². The summed E-state index contributed by atoms with van der Waals surface area (Å²) in [6, 6.07) is 22.7. The molecule has 0 saturated heterocycles. The summed E-state index contributed by atoms with van der Waals surface area (Å²) >= 11 is 0. The van der Waals surface area contributed by atoms with E-state index in [9.17, 15) is 4.79 Å². The topological polar surface area (TPSA) is 26.3 Å². The highest BCUT2D eigenvalue weighted by atomic mass is 16.5. The predicted molar refractivity (Wildman–Crippen MR) is 85.3 cm³/mol. The summed E-state index contributed by atoms with van der Waals surface area (Å²) in [5.74, 6) is 1.55. The molecule has 105 valence electrons. The third-order valence-corrected chi connectivity index (χ3v) is 3.79. The first-order valence-electron chi connectivity index (χ1n) is 7.17. The molecule has 2 nitrogen and oxygen atoms in total. The quantitative estimate of drug-likeness (QED) is 0.502. The standard InChI is InChI=1S/C20H13O2/c21-20(14-7-2-1-3-8-14)16-10-6-12-19-17(16)13-15-9-4-5-11-18(15)22-19/h1-13H. The van der Waals surface area contributed by atoms with Crippen LogP contribution >= 0.6 is 0 Å². The Morgan fingerprint density at radius 2 is 1.45 bits per heavy atom. The van der Waals surface area contributed by atoms with Crippen LogP contribution in [-0.4, -0.2) is 5.78 Å². The van der Waals surface area contributed by atoms with Crippen molar-refractivity contribution in [3.8, 4) is 11.5 Å². The number of rotatable bonds is 2. The minimum Gasteiger partial charge on any atom is -0.457 e. The highest BCUT2D eigenvalue weighted by Crippen LogP contribution is 2.39. The summed E-state index contributed by atoms with van der Waals surface area (Å²) < 4.78 is 5.92. The van der Waals surface area contributed by atoms with Crippen LogP contribution in [-0.2, 0) is 0 Å². The molecular formula is C20H13O2. The van der Waals surface area contributed by atoms with Gasteiger partial charge in [0.1, 0.15) is 11.5 Å². The molecule has 0 saturated carbocycles. The summed E-state index contributed by atoms with van der Waals surface area (Å²) in [4.78, 5) is 12.8. The highest BCUT2D eigenvalue weighted by Gasteiger charge is 2.23. The second kappa shape index (κ2) is 5.15. The van der Waals surface area contributed by atoms with Crippen LogP contribution in [0.15, 0.2) is 72.8 Å². The molecule has 0 amide bonds. The van der Waals surface area contributed by atoms with Gasteiger partial charge in [0.15, 0.2) is 5.78 Å². The number of carbonyl (C=O) groups excluding carboxylic acids is 1. The molecule has 1 heterocycles. The molecular weight excluding hydrogens is 272 g/mol. The van der Waals surface area contributed by atoms with Gasteiger partial charge in [-0.3, -0.25) is 4.79 Å². The first kappa shape index (κ1) is 12.8. The monoisotopic (exact) mass is 285 g/mol. The van der Waals surface area contributed by atoms with Gasteiger partial charge >= 0.3 is 0 Å². The number of ketones is 1. The van der Waals surface area contributed by atoms with E-state index in [-0.39, 0.29) is 5.78 Å². The average Bonchev–Trinajstić information content (AvgIpc) is 2.59. The minimum absolute atomic E-state index is 0.0108. The molecule has 0 aliphatic carbocycles. The van der Waals surface area contributed by atoms with Gasteiger partial charge in [-0.25, -0.2) is 0 Å². The molecule has 1 aliphatic rings. The van der Waals surface area contributed by atoms with Crippen LogP contribution in [0.5, 0.6) is 11.5 Å². The van der Waals surface area contributed by atoms with Crippen molar-refractivity contribution in [1.29, 1.82) is 0 Å². The largest absolute Gasteiger partial charge is 0.457 e. The molecule has 2 heteroatoms. The van der Waals surface area contributed by atoms with Crippen molar-refractivity contribution in [2.24, 2.45) is 0 Å². The van der Waals surface area contributed by atoms with E-state index in [1.807, 2.05) is 79.2 Å². The number of ether oxygens (including phenoxy) is 1. The fourth-order valence-corrected chi connectivity index (χ4v) is 2.69. The zero-order valence-electron chi connectivity index (χ0n) is 11.8. The van der Waals surface area contributed by atoms with Crippen LogP contribution in [0, 0.1) is 6.42 Å². The molecule has 4 rings (SSSR count). The molecule has 0 atom stereocenters. The van der Waals surface area contributed by atoms with Gasteiger partial charge in [0.2, 0.25) is 0 Å². The Balaban J connectivity index is 1.80. The maximum atomic E-state index is 12.8. The average molecular weight is 285 g/mol. The summed E-state index contributed by atoms with van der Waals surface area (Å²) in [5, 5.41) is 0. The molecule has 0 aromatic heterocycles. The first-order valence-corrected chi connectivity index (χ1v) is 7.17. The van der Waals surface area contributed by atoms with Gasteiger partial charge in [0.25, 0.3) is 0 Å². The molecule has 3 aromatic rings. The third kappa shape index (κ3) is 2.09. The van der Waals surface area contributed by atoms with Crippen molar-refractivity contribution in [3.63, 3.8) is 0 Å². The summed E-state index contributed by atoms with van der Waals surface area (Å²) in [6.45, 7) is 0. The molecule has 0 fully saturated rings. The Morgan fingerprint density at radius 3 is 2.32 bits per heavy atom. The van der Waals surface area contributed by atoms with E-state index in [1.165, 1.54) is 0 Å². The lowest BCUT2D eigenvalue weighted by Gasteiger charge is -2.21. The van der Waals surface area contributed by atoms with Gasteiger partial charge in [0, 0.05) is 28.7 Å². The van der Waals surface area contributed by atoms with Gasteiger partial charge < -0.3 is 4.74 Å². The van der Waals surface area contributed by atoms with E-state index in [0.717, 1.165) is 22.6 Å². The minimum atomic E-state index is 0.0108. The highest BCUT2D eigenvalue weighted by molar-refractivity contribution is 6.10. The number of benzene rings is 3. The Labute approximate surface area is 129 Å². The van der Waals surface area contributed by atoms with Crippen LogP contribution in [0.2, 0.25) is 0 Å². The number of fused-ring (bicyclic) bond motifs is 2. The summed E-state index contributed by atoms with van der Waals surface area (Å²) in [5.41, 5.74) is 3.18. The zero-order valence-corrected chi connectivity index (χ0v) is 11.8. The molecule has 0 spiro atoms. The van der Waals surface area contributed by atoms with E-state index in [2.05, 4.69) is 0 Å². The van der Waals surface area contributed by atoms with Gasteiger partial charge in [-0.15, -0.1) is 0 Å². The molecule has 0 bridgehead atoms. The fraction of sp³-hybridized carbons (Fsp3) is 0. The lowest BCUT2D eigenvalue weighted by molar-refractivity contribution is 0.103. The molecule has 3 aromatic carbocycles. The Kier molecular flexibility index (Phi) is 3.01. The molecule has 0 unspecified atom stereocenters. The van der Waals surface area contributed by atoms with Crippen LogP contribution in [0.3, 0.4) is 0 Å². The Hall–Kier alpha value is -2.87. The normalized spacial score (nSPS) is 12.0. The van der Waals surface area contributed by atoms with Crippen molar-refractivity contribution >= 4 is 5.78 Å². The van der Waals surface area contributed by atoms with Crippen molar-refractivity contribution in [2.75, 3.05) is 0 Å². The molecule has 0 N–H and O–H groups in total. The summed E-state index contributed by atoms with van der Waals surface area (Å²) in [7, 11) is 0. The number of hydrogen-bond donors (Lipinski definition) is 0. The maximum Gasteiger partial charge on any atom is 0.193 e. The number of hydrogen-bond acceptors (Lipinski definition) is 2. The number of para-hydroxylation sites is 1. The Morgan fingerprint density at radius 1 is 0.727 bits per heavy atom. The van der Waals surface area contributed by atoms with Crippen LogP contribution in [0.1, 0.15) is 27.0 Å². The van der Waals surface area contributed by atoms with E-state index in [4.69, 9.17) is 4.74 Å². The number of carbonyl (C=O) groups is 1. The van der Waals surface area contributed by atoms with Gasteiger partial charge in [-0.2, -0.15) is 0 Å². The first-order chi connectivity index (χ1) is 10.8. The lowest BCUT2D eigenvalue weighted by atomic mass is 9.92. The van der Waals surface area contributed by atoms with E-state index in [1.54, 1.807) is 0 Å². The van der Waals surface area contributed by atoms with Crippen molar-refractivity contribution in [1.82, 2.24) is 0 Å². The molecule has 22 heavy (non-hydrogen) atoms. The second-order valence-corrected chi connectivity index (χ2v) is 5.20. The fourth-order valence-electron chi connectivity index (χ4n) is 2.69. The van der Waals surface area contributed by atoms with Crippen molar-refractivity contribution in [2.45, 2.75) is 0 Å². The summed E-state index contributed by atoms with van der Waals surface area (Å²) in [6.07, 6.45) is 2.02. The van der Waals surface area contributed by atoms with Crippen LogP contribution < -0.4 is 4.74 Å². The van der Waals surface area contributed by atoms with E-state index in [0.29, 0.717) is 11.1 Å². The Bertz CT molecular complexity index is 851. The smallest absolute Gasteiger partial charge is 0.193 e. The third-order valence-electron chi connectivity index (χ3n) is 3.79. The van der Waals surface area contributed by atoms with Crippen LogP contribution in [0.25, 0.3) is 0 Å². The predicted octanol–water partition coefficient (Wildman–Crippen LogP) is 4.62. The van der Waals surface area contributed by atoms with Gasteiger partial charge in [-0.05, 0) is 12.1 Å². The van der Waals surface area contributed by atoms with Crippen molar-refractivity contribution in [3.05, 3.63) is 101 Å². The maximum absolute atomic E-state index is 12.8. The lowest BCUT2D eigenvalue weighted by Crippen LogP contribution is -2.09. The van der Waals surface area contributed by atoms with Crippen LogP contribution in [0.4, 0.5) is 0 Å². The SMILES string of the molecule is O=C(c1ccccc1)c1cccc2c1[CH]c1ccccc1O2. The van der Waals surface area contributed by atoms with E-state index >= 15 is 0 Å². The van der Waals surface area contributed by atoms with Gasteiger partial charge in [0.05, 0.1) is 0 Å². The van der Waals surface area contributed by atoms with Gasteiger partial charge in [-0.1, -0.05) is 60.7 Å². The second-order valence-electron chi connectivity index (χ2n) is 5.20. The molecule has 1 aliphatic heterocycles. The molecule has 1 radical (unpaired) electrons. The zero-order chi connectivity index (χ0) is 14.9. The van der Waals surface area contributed by atoms with Crippen molar-refractivity contribution < 1.29 is 9.53 Å².